The van der Waals surface area contributed by atoms with Gasteiger partial charge < -0.3 is 14.5 Å². The summed E-state index contributed by atoms with van der Waals surface area (Å²) in [5.41, 5.74) is -0.370. The van der Waals surface area contributed by atoms with Crippen molar-refractivity contribution in [3.8, 4) is 11.5 Å². The van der Waals surface area contributed by atoms with Crippen molar-refractivity contribution in [1.29, 1.82) is 0 Å². The van der Waals surface area contributed by atoms with Crippen molar-refractivity contribution in [1.82, 2.24) is 10.2 Å². The smallest absolute Gasteiger partial charge is 0.445 e. The number of oxime groups is 1. The van der Waals surface area contributed by atoms with Gasteiger partial charge in [-0.25, -0.2) is 0 Å². The van der Waals surface area contributed by atoms with Gasteiger partial charge in [0.2, 0.25) is 10.1 Å². The fourth-order valence-electron chi connectivity index (χ4n) is 4.12. The second-order valence-corrected chi connectivity index (χ2v) is 9.22. The highest BCUT2D eigenvalue weighted by Crippen LogP contribution is 2.44. The van der Waals surface area contributed by atoms with Crippen LogP contribution < -0.4 is 14.5 Å². The minimum absolute atomic E-state index is 0.0338. The Morgan fingerprint density at radius 1 is 1.00 bits per heavy atom. The molecule has 180 valence electrons. The second-order valence-electron chi connectivity index (χ2n) is 8.26. The number of halogens is 6. The summed E-state index contributed by atoms with van der Waals surface area (Å²) in [5.74, 6) is -0.0764. The van der Waals surface area contributed by atoms with Gasteiger partial charge >= 0.3 is 12.4 Å². The number of ether oxygens (including phenoxy) is 1. The summed E-state index contributed by atoms with van der Waals surface area (Å²) in [4.78, 5) is 6.99. The van der Waals surface area contributed by atoms with E-state index < -0.39 is 22.9 Å². The Labute approximate surface area is 189 Å². The third-order valence-electron chi connectivity index (χ3n) is 5.54. The molecule has 0 N–H and O–H groups in total. The molecule has 1 saturated heterocycles. The first-order valence-electron chi connectivity index (χ1n) is 10.1. The van der Waals surface area contributed by atoms with Crippen molar-refractivity contribution in [3.63, 3.8) is 0 Å². The summed E-state index contributed by atoms with van der Waals surface area (Å²) in [6, 6.07) is 2.98. The second kappa shape index (κ2) is 8.65. The quantitative estimate of drug-likeness (QED) is 0.306. The molecule has 0 amide bonds. The zero-order chi connectivity index (χ0) is 24.0. The van der Waals surface area contributed by atoms with Gasteiger partial charge in [0.1, 0.15) is 6.10 Å². The predicted molar refractivity (Wildman–Crippen MR) is 109 cm³/mol. The molecule has 1 aliphatic carbocycles. The van der Waals surface area contributed by atoms with Crippen molar-refractivity contribution in [2.24, 2.45) is 17.0 Å². The average molecular weight is 494 g/mol. The third-order valence-corrected chi connectivity index (χ3v) is 6.56. The largest absolute Gasteiger partial charge is 0.486 e. The number of hydrogen-bond donors (Lipinski definition) is 0. The maximum absolute atomic E-state index is 13.2. The molecular formula is C20H20F6N4O2S. The highest BCUT2D eigenvalue weighted by atomic mass is 32.1. The number of hydrogen-bond acceptors (Lipinski definition) is 7. The summed E-state index contributed by atoms with van der Waals surface area (Å²) >= 11 is 0.496. The zero-order valence-electron chi connectivity index (χ0n) is 17.6. The van der Waals surface area contributed by atoms with E-state index in [1.807, 2.05) is 0 Å². The van der Waals surface area contributed by atoms with Crippen LogP contribution in [0.15, 0.2) is 23.4 Å². The van der Waals surface area contributed by atoms with E-state index in [4.69, 9.17) is 9.57 Å². The van der Waals surface area contributed by atoms with Crippen LogP contribution in [0.2, 0.25) is 0 Å². The highest BCUT2D eigenvalue weighted by molar-refractivity contribution is 7.15. The molecule has 2 fully saturated rings. The summed E-state index contributed by atoms with van der Waals surface area (Å²) in [6.07, 6.45) is -7.86. The Kier molecular flexibility index (Phi) is 6.18. The van der Waals surface area contributed by atoms with Gasteiger partial charge in [-0.05, 0) is 44.9 Å². The SMILES string of the molecule is CC(C)=NOc1cc(C(F)(F)F)ccc1OC1C2CCC1CN(c1nnc(C(F)(F)F)s1)C2. The Bertz CT molecular complexity index is 1020. The van der Waals surface area contributed by atoms with Crippen LogP contribution in [-0.2, 0) is 12.4 Å². The number of piperidine rings is 1. The van der Waals surface area contributed by atoms with Gasteiger partial charge in [-0.3, -0.25) is 0 Å². The van der Waals surface area contributed by atoms with Gasteiger partial charge in [0.15, 0.2) is 11.5 Å². The number of alkyl halides is 6. The molecule has 2 heterocycles. The summed E-state index contributed by atoms with van der Waals surface area (Å²) in [5, 5.41) is 9.89. The lowest BCUT2D eigenvalue weighted by Crippen LogP contribution is -2.47. The van der Waals surface area contributed by atoms with Gasteiger partial charge in [0.25, 0.3) is 0 Å². The maximum atomic E-state index is 13.2. The Balaban J connectivity index is 1.52. The van der Waals surface area contributed by atoms with Crippen molar-refractivity contribution < 1.29 is 35.9 Å². The van der Waals surface area contributed by atoms with Gasteiger partial charge in [-0.1, -0.05) is 16.5 Å². The molecular weight excluding hydrogens is 474 g/mol. The Morgan fingerprint density at radius 2 is 1.67 bits per heavy atom. The van der Waals surface area contributed by atoms with Crippen molar-refractivity contribution in [3.05, 3.63) is 28.8 Å². The van der Waals surface area contributed by atoms with Crippen LogP contribution in [0.25, 0.3) is 0 Å². The van der Waals surface area contributed by atoms with E-state index in [1.54, 1.807) is 18.7 Å². The van der Waals surface area contributed by atoms with Crippen LogP contribution in [0.4, 0.5) is 31.5 Å². The van der Waals surface area contributed by atoms with E-state index in [-0.39, 0.29) is 34.6 Å². The summed E-state index contributed by atoms with van der Waals surface area (Å²) in [7, 11) is 0. The highest BCUT2D eigenvalue weighted by Gasteiger charge is 2.45. The number of anilines is 1. The fourth-order valence-corrected chi connectivity index (χ4v) is 4.85. The molecule has 13 heteroatoms. The lowest BCUT2D eigenvalue weighted by Gasteiger charge is -2.37. The molecule has 1 aromatic heterocycles. The van der Waals surface area contributed by atoms with Crippen molar-refractivity contribution >= 4 is 22.2 Å². The van der Waals surface area contributed by atoms with E-state index in [0.29, 0.717) is 30.1 Å². The predicted octanol–water partition coefficient (Wildman–Crippen LogP) is 5.64. The maximum Gasteiger partial charge on any atom is 0.445 e. The van der Waals surface area contributed by atoms with Gasteiger partial charge in [0, 0.05) is 24.9 Å². The van der Waals surface area contributed by atoms with E-state index in [0.717, 1.165) is 25.0 Å². The van der Waals surface area contributed by atoms with Crippen LogP contribution in [-0.4, -0.2) is 35.1 Å². The van der Waals surface area contributed by atoms with Gasteiger partial charge in [-0.15, -0.1) is 10.2 Å². The van der Waals surface area contributed by atoms with E-state index in [2.05, 4.69) is 15.4 Å². The van der Waals surface area contributed by atoms with Crippen LogP contribution in [0.3, 0.4) is 0 Å². The molecule has 1 saturated carbocycles. The molecule has 1 aromatic carbocycles. The number of fused-ring (bicyclic) bond motifs is 2. The molecule has 2 aromatic rings. The van der Waals surface area contributed by atoms with Gasteiger partial charge in [0.05, 0.1) is 11.3 Å². The zero-order valence-corrected chi connectivity index (χ0v) is 18.4. The van der Waals surface area contributed by atoms with Gasteiger partial charge in [-0.2, -0.15) is 26.3 Å². The average Bonchev–Trinajstić information content (AvgIpc) is 3.29. The van der Waals surface area contributed by atoms with Crippen molar-refractivity contribution in [2.45, 2.75) is 45.1 Å². The number of aromatic nitrogens is 2. The Hall–Kier alpha value is -2.57. The lowest BCUT2D eigenvalue weighted by molar-refractivity contribution is -0.138. The molecule has 33 heavy (non-hydrogen) atoms. The molecule has 2 bridgehead atoms. The molecule has 2 aliphatic rings. The fraction of sp³-hybridized carbons (Fsp3) is 0.550. The summed E-state index contributed by atoms with van der Waals surface area (Å²) < 4.78 is 84.2. The van der Waals surface area contributed by atoms with E-state index in [9.17, 15) is 26.3 Å². The van der Waals surface area contributed by atoms with E-state index >= 15 is 0 Å². The normalized spacial score (nSPS) is 22.9. The number of rotatable bonds is 5. The monoisotopic (exact) mass is 494 g/mol. The standard InChI is InChI=1S/C20H20F6N4O2S/c1-10(2)29-32-15-7-13(19(21,22)23)5-6-14(15)31-16-11-3-4-12(16)9-30(8-11)18-28-27-17(33-18)20(24,25)26/h5-7,11-12,16H,3-4,8-9H2,1-2H3. The van der Waals surface area contributed by atoms with Crippen LogP contribution in [0.5, 0.6) is 11.5 Å². The Morgan fingerprint density at radius 3 is 2.21 bits per heavy atom. The summed E-state index contributed by atoms with van der Waals surface area (Å²) in [6.45, 7) is 4.11. The first kappa shape index (κ1) is 23.6. The topological polar surface area (TPSA) is 59.8 Å². The minimum atomic E-state index is -4.55. The molecule has 6 nitrogen and oxygen atoms in total. The van der Waals surface area contributed by atoms with Crippen LogP contribution in [0, 0.1) is 11.8 Å². The molecule has 4 rings (SSSR count). The van der Waals surface area contributed by atoms with Crippen molar-refractivity contribution in [2.75, 3.05) is 18.0 Å². The van der Waals surface area contributed by atoms with Crippen LogP contribution in [0.1, 0.15) is 37.3 Å². The molecule has 0 radical (unpaired) electrons. The molecule has 2 unspecified atom stereocenters. The number of benzene rings is 1. The molecule has 0 spiro atoms. The minimum Gasteiger partial charge on any atom is -0.486 e. The first-order chi connectivity index (χ1) is 15.4. The van der Waals surface area contributed by atoms with Crippen LogP contribution >= 0.6 is 11.3 Å². The van der Waals surface area contributed by atoms with E-state index in [1.165, 1.54) is 6.07 Å². The lowest BCUT2D eigenvalue weighted by atomic mass is 9.95. The third kappa shape index (κ3) is 5.17. The molecule has 1 aliphatic heterocycles. The number of nitrogens with zero attached hydrogens (tertiary/aromatic N) is 4. The molecule has 2 atom stereocenters. The first-order valence-corrected chi connectivity index (χ1v) is 10.9.